The average molecular weight is 706 g/mol. The van der Waals surface area contributed by atoms with Crippen LogP contribution in [0.5, 0.6) is 17.2 Å². The number of aromatic nitrogens is 3. The van der Waals surface area contributed by atoms with Crippen molar-refractivity contribution < 1.29 is 19.0 Å². The molecule has 0 unspecified atom stereocenters. The van der Waals surface area contributed by atoms with E-state index in [1.807, 2.05) is 71.4 Å². The van der Waals surface area contributed by atoms with E-state index in [-0.39, 0.29) is 5.41 Å². The van der Waals surface area contributed by atoms with Gasteiger partial charge in [0.05, 0.1) is 26.3 Å². The van der Waals surface area contributed by atoms with Gasteiger partial charge in [0.15, 0.2) is 11.3 Å². The summed E-state index contributed by atoms with van der Waals surface area (Å²) >= 11 is 6.23. The Kier molecular flexibility index (Phi) is 10.0. The molecule has 5 aromatic rings. The van der Waals surface area contributed by atoms with E-state index in [0.717, 1.165) is 73.1 Å². The average Bonchev–Trinajstić information content (AvgIpc) is 3.56. The first-order chi connectivity index (χ1) is 24.7. The van der Waals surface area contributed by atoms with Gasteiger partial charge in [-0.05, 0) is 89.9 Å². The molecule has 1 aliphatic heterocycles. The van der Waals surface area contributed by atoms with Crippen molar-refractivity contribution in [3.05, 3.63) is 112 Å². The van der Waals surface area contributed by atoms with Gasteiger partial charge in [-0.25, -0.2) is 9.48 Å². The SMILES string of the molecule is COC(=O)c1ccc(N2CCN(CC3=C(c4ccc(Cl)cc4)CC(C)(C)CC3)CC2)cc1Oc1cccc2c1nnn2Cc1ccc(OC)cc1. The van der Waals surface area contributed by atoms with E-state index in [1.54, 1.807) is 18.7 Å². The highest BCUT2D eigenvalue weighted by Gasteiger charge is 2.29. The van der Waals surface area contributed by atoms with Crippen LogP contribution in [0.4, 0.5) is 5.69 Å². The zero-order chi connectivity index (χ0) is 35.5. The number of nitrogens with zero attached hydrogens (tertiary/aromatic N) is 5. The predicted octanol–water partition coefficient (Wildman–Crippen LogP) is 8.51. The zero-order valence-electron chi connectivity index (χ0n) is 29.7. The minimum absolute atomic E-state index is 0.284. The molecular weight excluding hydrogens is 662 g/mol. The van der Waals surface area contributed by atoms with Gasteiger partial charge in [-0.15, -0.1) is 5.10 Å². The first-order valence-corrected chi connectivity index (χ1v) is 17.9. The molecule has 0 saturated carbocycles. The van der Waals surface area contributed by atoms with Crippen molar-refractivity contribution in [3.8, 4) is 17.2 Å². The van der Waals surface area contributed by atoms with Crippen LogP contribution in [0.15, 0.2) is 90.5 Å². The number of allylic oxidation sites excluding steroid dienone is 1. The molecule has 0 radical (unpaired) electrons. The molecule has 0 bridgehead atoms. The molecule has 0 amide bonds. The second-order valence-corrected chi connectivity index (χ2v) is 14.6. The maximum Gasteiger partial charge on any atom is 0.341 e. The van der Waals surface area contributed by atoms with Crippen molar-refractivity contribution in [1.29, 1.82) is 0 Å². The number of rotatable bonds is 10. The van der Waals surface area contributed by atoms with Gasteiger partial charge in [0.25, 0.3) is 0 Å². The zero-order valence-corrected chi connectivity index (χ0v) is 30.4. The normalized spacial score (nSPS) is 16.4. The summed E-state index contributed by atoms with van der Waals surface area (Å²) in [4.78, 5) is 17.8. The van der Waals surface area contributed by atoms with Gasteiger partial charge in [-0.1, -0.05) is 66.6 Å². The lowest BCUT2D eigenvalue weighted by Gasteiger charge is -2.39. The van der Waals surface area contributed by atoms with Crippen LogP contribution >= 0.6 is 11.6 Å². The Balaban J connectivity index is 1.08. The standard InChI is InChI=1S/C41H44ClN5O4/c1-41(2)19-18-30(35(25-41)29-10-12-31(42)13-11-29)27-45-20-22-46(23-21-45)32-14-17-34(40(48)50-4)38(24-32)51-37-7-5-6-36-39(37)43-44-47(36)26-28-8-15-33(49-3)16-9-28/h5-17,24H,18-23,25-27H2,1-4H3. The minimum Gasteiger partial charge on any atom is -0.497 e. The van der Waals surface area contributed by atoms with Gasteiger partial charge in [0, 0.05) is 49.5 Å². The Morgan fingerprint density at radius 2 is 1.65 bits per heavy atom. The van der Waals surface area contributed by atoms with Crippen molar-refractivity contribution in [2.24, 2.45) is 5.41 Å². The summed E-state index contributed by atoms with van der Waals surface area (Å²) in [5.41, 5.74) is 8.43. The van der Waals surface area contributed by atoms with Crippen LogP contribution in [0.25, 0.3) is 16.6 Å². The van der Waals surface area contributed by atoms with Crippen LogP contribution < -0.4 is 14.4 Å². The summed E-state index contributed by atoms with van der Waals surface area (Å²) in [6.45, 7) is 9.85. The molecule has 1 saturated heterocycles. The lowest BCUT2D eigenvalue weighted by Crippen LogP contribution is -2.47. The number of methoxy groups -OCH3 is 2. The number of fused-ring (bicyclic) bond motifs is 1. The quantitative estimate of drug-likeness (QED) is 0.134. The fourth-order valence-corrected chi connectivity index (χ4v) is 7.28. The Bertz CT molecular complexity index is 2050. The van der Waals surface area contributed by atoms with Gasteiger partial charge in [-0.3, -0.25) is 4.90 Å². The smallest absolute Gasteiger partial charge is 0.341 e. The van der Waals surface area contributed by atoms with E-state index < -0.39 is 5.97 Å². The molecule has 0 N–H and O–H groups in total. The molecular formula is C41H44ClN5O4. The van der Waals surface area contributed by atoms with E-state index in [9.17, 15) is 4.79 Å². The first kappa shape index (κ1) is 34.6. The molecule has 2 heterocycles. The Hall–Kier alpha value is -4.86. The third kappa shape index (κ3) is 7.75. The van der Waals surface area contributed by atoms with Crippen LogP contribution in [-0.4, -0.2) is 72.8 Å². The highest BCUT2D eigenvalue weighted by atomic mass is 35.5. The number of hydrogen-bond donors (Lipinski definition) is 0. The summed E-state index contributed by atoms with van der Waals surface area (Å²) in [6, 6.07) is 27.6. The number of anilines is 1. The van der Waals surface area contributed by atoms with Crippen molar-refractivity contribution in [3.63, 3.8) is 0 Å². The minimum atomic E-state index is -0.461. The third-order valence-corrected chi connectivity index (χ3v) is 10.4. The van der Waals surface area contributed by atoms with E-state index in [4.69, 9.17) is 25.8 Å². The van der Waals surface area contributed by atoms with Crippen molar-refractivity contribution in [2.75, 3.05) is 51.8 Å². The number of hydrogen-bond acceptors (Lipinski definition) is 8. The van der Waals surface area contributed by atoms with Gasteiger partial charge < -0.3 is 19.1 Å². The van der Waals surface area contributed by atoms with E-state index in [0.29, 0.717) is 29.1 Å². The summed E-state index contributed by atoms with van der Waals surface area (Å²) in [5, 5.41) is 9.66. The predicted molar refractivity (Wildman–Crippen MR) is 202 cm³/mol. The van der Waals surface area contributed by atoms with Crippen molar-refractivity contribution >= 4 is 39.9 Å². The number of esters is 1. The maximum atomic E-state index is 12.9. The molecule has 264 valence electrons. The van der Waals surface area contributed by atoms with Crippen LogP contribution in [0.2, 0.25) is 5.02 Å². The molecule has 7 rings (SSSR count). The van der Waals surface area contributed by atoms with Crippen LogP contribution in [0.1, 0.15) is 54.6 Å². The Labute approximate surface area is 304 Å². The molecule has 1 aliphatic carbocycles. The fourth-order valence-electron chi connectivity index (χ4n) is 7.16. The number of benzene rings is 4. The number of carbonyl (C=O) groups excluding carboxylic acids is 1. The topological polar surface area (TPSA) is 82.0 Å². The van der Waals surface area contributed by atoms with Crippen LogP contribution in [-0.2, 0) is 11.3 Å². The molecule has 4 aromatic carbocycles. The summed E-state index contributed by atoms with van der Waals surface area (Å²) in [5.74, 6) is 1.27. The largest absolute Gasteiger partial charge is 0.497 e. The van der Waals surface area contributed by atoms with Gasteiger partial charge in [0.2, 0.25) is 0 Å². The third-order valence-electron chi connectivity index (χ3n) is 10.1. The molecule has 1 aromatic heterocycles. The first-order valence-electron chi connectivity index (χ1n) is 17.5. The van der Waals surface area contributed by atoms with E-state index in [1.165, 1.54) is 24.7 Å². The maximum absolute atomic E-state index is 12.9. The molecule has 51 heavy (non-hydrogen) atoms. The van der Waals surface area contributed by atoms with Gasteiger partial charge in [-0.2, -0.15) is 0 Å². The number of carbonyl (C=O) groups is 1. The molecule has 0 atom stereocenters. The molecule has 10 heteroatoms. The summed E-state index contributed by atoms with van der Waals surface area (Å²) in [7, 11) is 3.03. The second kappa shape index (κ2) is 14.8. The van der Waals surface area contributed by atoms with Crippen molar-refractivity contribution in [2.45, 2.75) is 39.7 Å². The summed E-state index contributed by atoms with van der Waals surface area (Å²) < 4.78 is 18.7. The lowest BCUT2D eigenvalue weighted by atomic mass is 9.72. The highest BCUT2D eigenvalue weighted by Crippen LogP contribution is 2.43. The van der Waals surface area contributed by atoms with Gasteiger partial charge in [0.1, 0.15) is 17.1 Å². The Morgan fingerprint density at radius 3 is 2.37 bits per heavy atom. The van der Waals surface area contributed by atoms with Gasteiger partial charge >= 0.3 is 5.97 Å². The number of piperazine rings is 1. The molecule has 0 spiro atoms. The molecule has 1 fully saturated rings. The number of ether oxygens (including phenoxy) is 3. The molecule has 9 nitrogen and oxygen atoms in total. The highest BCUT2D eigenvalue weighted by molar-refractivity contribution is 6.30. The van der Waals surface area contributed by atoms with E-state index in [2.05, 4.69) is 46.1 Å². The van der Waals surface area contributed by atoms with Crippen molar-refractivity contribution in [1.82, 2.24) is 19.9 Å². The monoisotopic (exact) mass is 705 g/mol. The van der Waals surface area contributed by atoms with Crippen LogP contribution in [0.3, 0.4) is 0 Å². The summed E-state index contributed by atoms with van der Waals surface area (Å²) in [6.07, 6.45) is 3.39. The van der Waals surface area contributed by atoms with Crippen LogP contribution in [0, 0.1) is 5.41 Å². The molecule has 2 aliphatic rings. The second-order valence-electron chi connectivity index (χ2n) is 14.2. The lowest BCUT2D eigenvalue weighted by molar-refractivity contribution is 0.0598. The number of halogens is 1. The van der Waals surface area contributed by atoms with E-state index >= 15 is 0 Å². The Morgan fingerprint density at radius 1 is 0.882 bits per heavy atom. The fraction of sp³-hybridized carbons (Fsp3) is 0.341.